The first-order valence-corrected chi connectivity index (χ1v) is 13.4. The number of halogens is 2. The zero-order valence-electron chi connectivity index (χ0n) is 18.3. The first-order valence-electron chi connectivity index (χ1n) is 11.3. The van der Waals surface area contributed by atoms with E-state index in [9.17, 15) is 0 Å². The van der Waals surface area contributed by atoms with Crippen LogP contribution in [-0.2, 0) is 0 Å². The summed E-state index contributed by atoms with van der Waals surface area (Å²) < 4.78 is 2.58. The average Bonchev–Trinajstić information content (AvgIpc) is 2.90. The number of benzene rings is 6. The predicted molar refractivity (Wildman–Crippen MR) is 163 cm³/mol. The molecule has 0 bridgehead atoms. The highest BCUT2D eigenvalue weighted by atomic mass is 127. The number of hydrogen-bond donors (Lipinski definition) is 0. The van der Waals surface area contributed by atoms with E-state index in [1.165, 1.54) is 62.1 Å². The van der Waals surface area contributed by atoms with E-state index in [1.807, 2.05) is 0 Å². The highest BCUT2D eigenvalue weighted by Gasteiger charge is 2.21. The molecule has 0 aliphatic carbocycles. The fourth-order valence-electron chi connectivity index (χ4n) is 4.79. The average molecular weight is 658 g/mol. The second kappa shape index (κ2) is 9.16. The molecule has 0 saturated carbocycles. The second-order valence-corrected chi connectivity index (χ2v) is 10.6. The van der Waals surface area contributed by atoms with Gasteiger partial charge in [0, 0.05) is 18.3 Å². The van der Waals surface area contributed by atoms with Gasteiger partial charge in [0.05, 0.1) is 0 Å². The quantitative estimate of drug-likeness (QED) is 0.166. The molecule has 0 nitrogen and oxygen atoms in total. The molecule has 0 N–H and O–H groups in total. The molecule has 34 heavy (non-hydrogen) atoms. The summed E-state index contributed by atoms with van der Waals surface area (Å²) >= 11 is 5.14. The SMILES string of the molecule is Ic1c(-c2ccccc2)cc2ccccc2c1-c1c(I)c(-c2ccccc2)cc2ccccc12. The van der Waals surface area contributed by atoms with Crippen LogP contribution in [-0.4, -0.2) is 0 Å². The standard InChI is InChI=1S/C32H20I2/c33-31-27(21-11-3-1-4-12-21)19-23-15-7-9-17-25(23)29(31)30-26-18-10-8-16-24(26)20-28(32(30)34)22-13-5-2-6-14-22/h1-20H. The minimum atomic E-state index is 1.25. The summed E-state index contributed by atoms with van der Waals surface area (Å²) in [6, 6.07) is 43.7. The van der Waals surface area contributed by atoms with Crippen molar-refractivity contribution >= 4 is 66.7 Å². The van der Waals surface area contributed by atoms with Crippen LogP contribution in [0.25, 0.3) is 54.9 Å². The summed E-state index contributed by atoms with van der Waals surface area (Å²) in [5.41, 5.74) is 7.68. The molecule has 0 aliphatic heterocycles. The minimum Gasteiger partial charge on any atom is -0.0622 e. The molecule has 0 spiro atoms. The van der Waals surface area contributed by atoms with E-state index in [2.05, 4.69) is 167 Å². The molecule has 0 amide bonds. The highest BCUT2D eigenvalue weighted by Crippen LogP contribution is 2.46. The van der Waals surface area contributed by atoms with Crippen molar-refractivity contribution in [2.75, 3.05) is 0 Å². The van der Waals surface area contributed by atoms with Crippen molar-refractivity contribution in [3.63, 3.8) is 0 Å². The van der Waals surface area contributed by atoms with E-state index in [1.54, 1.807) is 0 Å². The van der Waals surface area contributed by atoms with E-state index >= 15 is 0 Å². The maximum atomic E-state index is 2.57. The lowest BCUT2D eigenvalue weighted by Gasteiger charge is -2.20. The monoisotopic (exact) mass is 658 g/mol. The first kappa shape index (κ1) is 21.8. The molecule has 0 heterocycles. The second-order valence-electron chi connectivity index (χ2n) is 8.40. The normalized spacial score (nSPS) is 11.2. The van der Waals surface area contributed by atoms with E-state index in [0.717, 1.165) is 0 Å². The molecule has 0 radical (unpaired) electrons. The highest BCUT2D eigenvalue weighted by molar-refractivity contribution is 14.1. The minimum absolute atomic E-state index is 1.25. The Hall–Kier alpha value is -2.70. The molecule has 0 saturated heterocycles. The summed E-state index contributed by atoms with van der Waals surface area (Å²) in [6.07, 6.45) is 0. The molecule has 0 atom stereocenters. The lowest BCUT2D eigenvalue weighted by molar-refractivity contribution is 1.57. The van der Waals surface area contributed by atoms with E-state index in [4.69, 9.17) is 0 Å². The van der Waals surface area contributed by atoms with Crippen molar-refractivity contribution in [3.8, 4) is 33.4 Å². The Bertz CT molecular complexity index is 1530. The van der Waals surface area contributed by atoms with E-state index in [0.29, 0.717) is 0 Å². The van der Waals surface area contributed by atoms with Crippen LogP contribution < -0.4 is 0 Å². The summed E-state index contributed by atoms with van der Waals surface area (Å²) in [7, 11) is 0. The lowest BCUT2D eigenvalue weighted by Crippen LogP contribution is -1.96. The Morgan fingerprint density at radius 2 is 0.735 bits per heavy atom. The number of rotatable bonds is 3. The van der Waals surface area contributed by atoms with Crippen LogP contribution in [0.2, 0.25) is 0 Å². The Morgan fingerprint density at radius 3 is 1.15 bits per heavy atom. The maximum Gasteiger partial charge on any atom is 0.0294 e. The zero-order valence-corrected chi connectivity index (χ0v) is 22.6. The van der Waals surface area contributed by atoms with Gasteiger partial charge in [-0.1, -0.05) is 109 Å². The van der Waals surface area contributed by atoms with Gasteiger partial charge in [0.2, 0.25) is 0 Å². The number of hydrogen-bond acceptors (Lipinski definition) is 0. The topological polar surface area (TPSA) is 0 Å². The fraction of sp³-hybridized carbons (Fsp3) is 0. The molecule has 0 aliphatic rings. The van der Waals surface area contributed by atoms with Gasteiger partial charge in [-0.25, -0.2) is 0 Å². The fourth-order valence-corrected chi connectivity index (χ4v) is 6.84. The third kappa shape index (κ3) is 3.73. The van der Waals surface area contributed by atoms with Crippen molar-refractivity contribution in [1.29, 1.82) is 0 Å². The molecule has 6 rings (SSSR count). The molecule has 2 heteroatoms. The Morgan fingerprint density at radius 1 is 0.382 bits per heavy atom. The Labute approximate surface area is 226 Å². The van der Waals surface area contributed by atoms with Gasteiger partial charge in [-0.15, -0.1) is 0 Å². The van der Waals surface area contributed by atoms with Crippen LogP contribution in [0.4, 0.5) is 0 Å². The van der Waals surface area contributed by atoms with Crippen LogP contribution in [0.15, 0.2) is 121 Å². The van der Waals surface area contributed by atoms with Crippen molar-refractivity contribution < 1.29 is 0 Å². The van der Waals surface area contributed by atoms with Crippen molar-refractivity contribution in [3.05, 3.63) is 128 Å². The largest absolute Gasteiger partial charge is 0.0622 e. The summed E-state index contributed by atoms with van der Waals surface area (Å²) in [5.74, 6) is 0. The smallest absolute Gasteiger partial charge is 0.0294 e. The molecule has 162 valence electrons. The van der Waals surface area contributed by atoms with Crippen molar-refractivity contribution in [2.24, 2.45) is 0 Å². The summed E-state index contributed by atoms with van der Waals surface area (Å²) in [4.78, 5) is 0. The molecule has 6 aromatic carbocycles. The Balaban J connectivity index is 1.78. The third-order valence-electron chi connectivity index (χ3n) is 6.39. The van der Waals surface area contributed by atoms with Gasteiger partial charge in [-0.2, -0.15) is 0 Å². The van der Waals surface area contributed by atoms with Gasteiger partial charge in [-0.3, -0.25) is 0 Å². The maximum absolute atomic E-state index is 2.57. The van der Waals surface area contributed by atoms with Gasteiger partial charge >= 0.3 is 0 Å². The van der Waals surface area contributed by atoms with Gasteiger partial charge in [0.15, 0.2) is 0 Å². The van der Waals surface area contributed by atoms with Crippen molar-refractivity contribution in [1.82, 2.24) is 0 Å². The summed E-state index contributed by atoms with van der Waals surface area (Å²) in [6.45, 7) is 0. The Kier molecular flexibility index (Phi) is 5.87. The molecular weight excluding hydrogens is 638 g/mol. The molecule has 6 aromatic rings. The van der Waals surface area contributed by atoms with Crippen LogP contribution in [0.5, 0.6) is 0 Å². The zero-order chi connectivity index (χ0) is 23.1. The van der Waals surface area contributed by atoms with Gasteiger partial charge in [0.25, 0.3) is 0 Å². The van der Waals surface area contributed by atoms with Crippen LogP contribution in [0.3, 0.4) is 0 Å². The van der Waals surface area contributed by atoms with Crippen molar-refractivity contribution in [2.45, 2.75) is 0 Å². The molecular formula is C32H20I2. The number of fused-ring (bicyclic) bond motifs is 2. The summed E-state index contributed by atoms with van der Waals surface area (Å²) in [5, 5.41) is 5.11. The first-order chi connectivity index (χ1) is 16.7. The lowest BCUT2D eigenvalue weighted by atomic mass is 9.88. The predicted octanol–water partition coefficient (Wildman–Crippen LogP) is 10.2. The van der Waals surface area contributed by atoms with Gasteiger partial charge in [-0.05, 0) is 101 Å². The van der Waals surface area contributed by atoms with Crippen LogP contribution in [0.1, 0.15) is 0 Å². The van der Waals surface area contributed by atoms with Gasteiger partial charge < -0.3 is 0 Å². The molecule has 0 unspecified atom stereocenters. The van der Waals surface area contributed by atoms with Gasteiger partial charge in [0.1, 0.15) is 0 Å². The van der Waals surface area contributed by atoms with E-state index in [-0.39, 0.29) is 0 Å². The third-order valence-corrected chi connectivity index (χ3v) is 8.63. The molecule has 0 fully saturated rings. The van der Waals surface area contributed by atoms with Crippen LogP contribution in [0, 0.1) is 7.14 Å². The molecule has 0 aromatic heterocycles. The van der Waals surface area contributed by atoms with E-state index < -0.39 is 0 Å². The van der Waals surface area contributed by atoms with Crippen LogP contribution >= 0.6 is 45.2 Å².